The molecule has 0 saturated heterocycles. The van der Waals surface area contributed by atoms with Crippen molar-refractivity contribution in [3.8, 4) is 11.1 Å². The number of alkyl halides is 1. The highest BCUT2D eigenvalue weighted by Gasteiger charge is 2.17. The number of fused-ring (bicyclic) bond motifs is 1. The zero-order chi connectivity index (χ0) is 19.6. The Kier molecular flexibility index (Phi) is 4.59. The smallest absolute Gasteiger partial charge is 0.219 e. The Balaban J connectivity index is 1.47. The number of hydrogen-bond donors (Lipinski definition) is 1. The standard InChI is InChI=1S/C25H18ClN3/c26-25-28-23(18-9-5-2-6-10-18)27-24(29-25)22-14-13-20-15-19(11-12-21(20)16-22)17-7-3-1-4-8-17/h1-16,25H,(H,27,28,29). The van der Waals surface area contributed by atoms with Crippen molar-refractivity contribution < 1.29 is 0 Å². The molecular formula is C25H18ClN3. The Hall–Kier alpha value is -3.43. The van der Waals surface area contributed by atoms with E-state index in [1.54, 1.807) is 0 Å². The van der Waals surface area contributed by atoms with Crippen LogP contribution in [0.2, 0.25) is 0 Å². The molecule has 0 fully saturated rings. The normalized spacial score (nSPS) is 16.1. The fraction of sp³-hybridized carbons (Fsp3) is 0.0400. The third kappa shape index (κ3) is 3.65. The third-order valence-corrected chi connectivity index (χ3v) is 5.17. The van der Waals surface area contributed by atoms with Gasteiger partial charge < -0.3 is 5.32 Å². The molecule has 0 spiro atoms. The summed E-state index contributed by atoms with van der Waals surface area (Å²) in [6.07, 6.45) is 0. The number of halogens is 1. The largest absolute Gasteiger partial charge is 0.324 e. The van der Waals surface area contributed by atoms with E-state index >= 15 is 0 Å². The second-order valence-corrected chi connectivity index (χ2v) is 7.29. The summed E-state index contributed by atoms with van der Waals surface area (Å²) in [5.74, 6) is 1.46. The Bertz CT molecular complexity index is 1230. The second kappa shape index (κ2) is 7.53. The minimum atomic E-state index is -0.641. The quantitative estimate of drug-likeness (QED) is 0.344. The van der Waals surface area contributed by atoms with E-state index in [9.17, 15) is 0 Å². The number of nitrogens with zero attached hydrogens (tertiary/aromatic N) is 2. The third-order valence-electron chi connectivity index (χ3n) is 4.98. The highest BCUT2D eigenvalue weighted by Crippen LogP contribution is 2.25. The molecule has 140 valence electrons. The van der Waals surface area contributed by atoms with Gasteiger partial charge >= 0.3 is 0 Å². The van der Waals surface area contributed by atoms with Gasteiger partial charge in [0.25, 0.3) is 0 Å². The van der Waals surface area contributed by atoms with Gasteiger partial charge in [-0.15, -0.1) is 0 Å². The molecule has 0 bridgehead atoms. The average Bonchev–Trinajstić information content (AvgIpc) is 2.79. The van der Waals surface area contributed by atoms with Crippen LogP contribution in [0, 0.1) is 0 Å². The van der Waals surface area contributed by atoms with Crippen molar-refractivity contribution in [2.24, 2.45) is 9.98 Å². The number of hydrogen-bond acceptors (Lipinski definition) is 3. The maximum absolute atomic E-state index is 6.30. The molecule has 1 unspecified atom stereocenters. The van der Waals surface area contributed by atoms with E-state index in [0.29, 0.717) is 0 Å². The molecule has 1 aliphatic rings. The molecule has 0 amide bonds. The fourth-order valence-electron chi connectivity index (χ4n) is 3.51. The van der Waals surface area contributed by atoms with Crippen molar-refractivity contribution >= 4 is 34.0 Å². The summed E-state index contributed by atoms with van der Waals surface area (Å²) in [5.41, 5.74) is 3.75. The van der Waals surface area contributed by atoms with E-state index in [2.05, 4.69) is 76.0 Å². The molecule has 4 aromatic rings. The molecule has 0 aromatic heterocycles. The summed E-state index contributed by atoms with van der Waals surface area (Å²) >= 11 is 6.30. The van der Waals surface area contributed by atoms with E-state index in [-0.39, 0.29) is 0 Å². The minimum Gasteiger partial charge on any atom is -0.324 e. The van der Waals surface area contributed by atoms with Gasteiger partial charge in [0.1, 0.15) is 11.7 Å². The van der Waals surface area contributed by atoms with Crippen molar-refractivity contribution in [1.29, 1.82) is 0 Å². The van der Waals surface area contributed by atoms with Gasteiger partial charge in [-0.1, -0.05) is 96.5 Å². The average molecular weight is 396 g/mol. The lowest BCUT2D eigenvalue weighted by atomic mass is 9.99. The first-order chi connectivity index (χ1) is 14.3. The SMILES string of the molecule is ClC1N=C(c2ccccc2)NC(c2ccc3cc(-c4ccccc4)ccc3c2)=N1. The van der Waals surface area contributed by atoms with Crippen LogP contribution in [-0.2, 0) is 0 Å². The highest BCUT2D eigenvalue weighted by atomic mass is 35.5. The second-order valence-electron chi connectivity index (χ2n) is 6.90. The Labute approximate surface area is 174 Å². The van der Waals surface area contributed by atoms with Gasteiger partial charge in [0.2, 0.25) is 5.62 Å². The molecule has 4 heteroatoms. The molecule has 1 atom stereocenters. The van der Waals surface area contributed by atoms with Crippen molar-refractivity contribution in [1.82, 2.24) is 5.32 Å². The number of nitrogens with one attached hydrogen (secondary N) is 1. The molecule has 0 saturated carbocycles. The summed E-state index contributed by atoms with van der Waals surface area (Å²) in [6, 6.07) is 33.2. The predicted molar refractivity (Wildman–Crippen MR) is 122 cm³/mol. The Morgan fingerprint density at radius 3 is 1.72 bits per heavy atom. The molecule has 1 heterocycles. The van der Waals surface area contributed by atoms with Crippen LogP contribution in [-0.4, -0.2) is 17.3 Å². The zero-order valence-electron chi connectivity index (χ0n) is 15.6. The summed E-state index contributed by atoms with van der Waals surface area (Å²) in [5, 5.41) is 5.67. The highest BCUT2D eigenvalue weighted by molar-refractivity contribution is 6.25. The van der Waals surface area contributed by atoms with Gasteiger partial charge in [0, 0.05) is 11.1 Å². The van der Waals surface area contributed by atoms with Gasteiger partial charge in [-0.25, -0.2) is 9.98 Å². The van der Waals surface area contributed by atoms with Gasteiger partial charge in [-0.05, 0) is 34.0 Å². The van der Waals surface area contributed by atoms with Crippen molar-refractivity contribution in [3.63, 3.8) is 0 Å². The van der Waals surface area contributed by atoms with Crippen LogP contribution < -0.4 is 5.32 Å². The van der Waals surface area contributed by atoms with Gasteiger partial charge in [0.05, 0.1) is 0 Å². The number of rotatable bonds is 3. The number of benzene rings is 4. The van der Waals surface area contributed by atoms with E-state index < -0.39 is 5.62 Å². The molecule has 3 nitrogen and oxygen atoms in total. The molecule has 1 N–H and O–H groups in total. The lowest BCUT2D eigenvalue weighted by Crippen LogP contribution is -2.36. The van der Waals surface area contributed by atoms with Crippen LogP contribution in [0.25, 0.3) is 21.9 Å². The first-order valence-electron chi connectivity index (χ1n) is 9.48. The van der Waals surface area contributed by atoms with E-state index in [4.69, 9.17) is 11.6 Å². The van der Waals surface area contributed by atoms with Crippen molar-refractivity contribution in [2.45, 2.75) is 5.62 Å². The minimum absolute atomic E-state index is 0.641. The zero-order valence-corrected chi connectivity index (χ0v) is 16.3. The van der Waals surface area contributed by atoms with Crippen LogP contribution in [0.1, 0.15) is 11.1 Å². The van der Waals surface area contributed by atoms with E-state index in [1.165, 1.54) is 16.5 Å². The maximum atomic E-state index is 6.30. The van der Waals surface area contributed by atoms with Crippen molar-refractivity contribution in [3.05, 3.63) is 108 Å². The molecular weight excluding hydrogens is 378 g/mol. The summed E-state index contributed by atoms with van der Waals surface area (Å²) in [7, 11) is 0. The predicted octanol–water partition coefficient (Wildman–Crippen LogP) is 5.83. The summed E-state index contributed by atoms with van der Waals surface area (Å²) in [6.45, 7) is 0. The molecule has 0 radical (unpaired) electrons. The van der Waals surface area contributed by atoms with Crippen LogP contribution in [0.5, 0.6) is 0 Å². The van der Waals surface area contributed by atoms with E-state index in [0.717, 1.165) is 28.2 Å². The van der Waals surface area contributed by atoms with Crippen LogP contribution in [0.4, 0.5) is 0 Å². The van der Waals surface area contributed by atoms with Crippen LogP contribution in [0.3, 0.4) is 0 Å². The Morgan fingerprint density at radius 2 is 1.07 bits per heavy atom. The maximum Gasteiger partial charge on any atom is 0.219 e. The van der Waals surface area contributed by atoms with Crippen LogP contribution in [0.15, 0.2) is 107 Å². The fourth-order valence-corrected chi connectivity index (χ4v) is 3.71. The monoisotopic (exact) mass is 395 g/mol. The number of aliphatic imine (C=N–C) groups is 2. The molecule has 0 aliphatic carbocycles. The summed E-state index contributed by atoms with van der Waals surface area (Å²) in [4.78, 5) is 8.90. The molecule has 4 aromatic carbocycles. The van der Waals surface area contributed by atoms with Gasteiger partial charge in [0.15, 0.2) is 0 Å². The first kappa shape index (κ1) is 17.7. The lowest BCUT2D eigenvalue weighted by molar-refractivity contribution is 0.927. The van der Waals surface area contributed by atoms with Crippen molar-refractivity contribution in [2.75, 3.05) is 0 Å². The van der Waals surface area contributed by atoms with Gasteiger partial charge in [-0.3, -0.25) is 0 Å². The molecule has 5 rings (SSSR count). The van der Waals surface area contributed by atoms with E-state index in [1.807, 2.05) is 36.4 Å². The Morgan fingerprint density at radius 1 is 0.552 bits per heavy atom. The van der Waals surface area contributed by atoms with Gasteiger partial charge in [-0.2, -0.15) is 0 Å². The van der Waals surface area contributed by atoms with Crippen LogP contribution >= 0.6 is 11.6 Å². The lowest BCUT2D eigenvalue weighted by Gasteiger charge is -2.19. The summed E-state index contributed by atoms with van der Waals surface area (Å²) < 4.78 is 0. The first-order valence-corrected chi connectivity index (χ1v) is 9.92. The molecule has 29 heavy (non-hydrogen) atoms. The molecule has 1 aliphatic heterocycles. The number of amidine groups is 2. The topological polar surface area (TPSA) is 36.8 Å².